The Morgan fingerprint density at radius 3 is 1.09 bits per heavy atom. The van der Waals surface area contributed by atoms with Gasteiger partial charge in [0.2, 0.25) is 5.91 Å². The van der Waals surface area contributed by atoms with E-state index in [0.29, 0.717) is 137 Å². The molecule has 38 heteroatoms. The molecule has 20 aromatic rings. The van der Waals surface area contributed by atoms with Gasteiger partial charge in [-0.3, -0.25) is 49.5 Å². The zero-order chi connectivity index (χ0) is 94.0. The van der Waals surface area contributed by atoms with Crippen LogP contribution < -0.4 is 36.4 Å². The average Bonchev–Trinajstić information content (AvgIpc) is 1.62. The molecule has 15 N–H and O–H groups in total. The second-order valence-electron chi connectivity index (χ2n) is 33.0. The van der Waals surface area contributed by atoms with Gasteiger partial charge >= 0.3 is 0 Å². The molecule has 3 saturated heterocycles. The average molecular weight is 1870 g/mol. The summed E-state index contributed by atoms with van der Waals surface area (Å²) < 4.78 is 10.6. The van der Waals surface area contributed by atoms with Crippen LogP contribution in [0.1, 0.15) is 83.8 Å². The van der Waals surface area contributed by atoms with Crippen LogP contribution in [0, 0.1) is 26.7 Å². The summed E-state index contributed by atoms with van der Waals surface area (Å²) in [6.45, 7) is 12.9. The van der Waals surface area contributed by atoms with Crippen LogP contribution in [0.2, 0.25) is 10.0 Å². The molecular weight excluding hydrogens is 1780 g/mol. The van der Waals surface area contributed by atoms with Crippen LogP contribution in [0.4, 0.5) is 39.8 Å². The fourth-order valence-corrected chi connectivity index (χ4v) is 17.2. The standard InChI is InChI=1S/C21H19ClN6O2.C21H19ClN6O.C20H14N6O2.C20H19N5O.C17H20N6O/c22-15-11-13(28-7-9-30-10-8-28)5-6-14(15)21(29)26-18-12-23-27-19(18)20-24-16-3-1-2-4-17(16)25-20;22-15-11-13(28-9-3-4-10-28)7-8-14(15)21(29)26-18-12-23-27-19(18)20-24-16-5-1-2-6-17(16)25-20;27-20(13-7-5-12(6-8-13)17-10-21-11-28-17)25-16-9-22-26-18(16)19-23-14-3-1-2-4-15(14)24-19;1-11-8-12(2)17(13(3)9-11)20(26)24-16-10-21-25-18(16)19-22-14-6-4-5-7-15(14)23-19;1-23-8-6-11(7-9-23)17(24)21-14-10-18-22-15(14)16-19-12-4-2-3-5-13(12)20-16/h1-6,11-12H,7-10H2,(H,23,27)(H,24,25)(H,26,29);1-2,5-8,11-12H,3-4,9-10H2,(H,23,27)(H,24,25)(H,26,29);1-11H,(H,22,26)(H,23,24)(H,25,27);4-10H,1-3H3,(H,21,25)(H,22,23)(H,24,26);2-5,10-11H,6-9H2,1H3,(H,18,22)(H,19,20)(H,21,24). The molecule has 5 amide bonds. The van der Waals surface area contributed by atoms with Crippen LogP contribution in [-0.2, 0) is 9.53 Å². The summed E-state index contributed by atoms with van der Waals surface area (Å²) >= 11 is 12.9. The van der Waals surface area contributed by atoms with Crippen molar-refractivity contribution >= 4 is 148 Å². The summed E-state index contributed by atoms with van der Waals surface area (Å²) in [4.78, 5) is 113. The number of nitrogens with one attached hydrogen (secondary N) is 15. The first-order chi connectivity index (χ1) is 66.9. The molecule has 137 heavy (non-hydrogen) atoms. The lowest BCUT2D eigenvalue weighted by Crippen LogP contribution is -2.36. The summed E-state index contributed by atoms with van der Waals surface area (Å²) in [5, 5.41) is 50.3. The van der Waals surface area contributed by atoms with Crippen LogP contribution >= 0.6 is 23.2 Å². The highest BCUT2D eigenvalue weighted by atomic mass is 35.5. The van der Waals surface area contributed by atoms with Crippen molar-refractivity contribution in [1.82, 2.24) is 111 Å². The highest BCUT2D eigenvalue weighted by Gasteiger charge is 2.28. The fourth-order valence-electron chi connectivity index (χ4n) is 16.7. The van der Waals surface area contributed by atoms with Gasteiger partial charge in [0.15, 0.2) is 41.3 Å². The molecule has 23 rings (SSSR count). The highest BCUT2D eigenvalue weighted by molar-refractivity contribution is 6.35. The highest BCUT2D eigenvalue weighted by Crippen LogP contribution is 2.36. The molecule has 0 spiro atoms. The van der Waals surface area contributed by atoms with Crippen molar-refractivity contribution in [2.45, 2.75) is 46.5 Å². The number of halogens is 2. The van der Waals surface area contributed by atoms with Gasteiger partial charge in [-0.2, -0.15) is 25.5 Å². The molecule has 11 aromatic heterocycles. The predicted molar refractivity (Wildman–Crippen MR) is 529 cm³/mol. The van der Waals surface area contributed by atoms with E-state index in [0.717, 1.165) is 141 Å². The zero-order valence-corrected chi connectivity index (χ0v) is 76.0. The number of carbonyl (C=O) groups is 5. The number of para-hydroxylation sites is 10. The zero-order valence-electron chi connectivity index (χ0n) is 74.5. The smallest absolute Gasteiger partial charge is 0.257 e. The molecule has 0 aliphatic carbocycles. The Morgan fingerprint density at radius 2 is 0.737 bits per heavy atom. The van der Waals surface area contributed by atoms with Gasteiger partial charge in [0, 0.05) is 60.2 Å². The lowest BCUT2D eigenvalue weighted by molar-refractivity contribution is -0.121. The number of aromatic amines is 10. The van der Waals surface area contributed by atoms with Gasteiger partial charge in [-0.15, -0.1) is 0 Å². The minimum Gasteiger partial charge on any atom is -0.444 e. The summed E-state index contributed by atoms with van der Waals surface area (Å²) in [6.07, 6.45) is 15.0. The van der Waals surface area contributed by atoms with Gasteiger partial charge < -0.3 is 75.4 Å². The van der Waals surface area contributed by atoms with E-state index >= 15 is 0 Å². The third kappa shape index (κ3) is 20.2. The van der Waals surface area contributed by atoms with E-state index in [1.54, 1.807) is 61.4 Å². The Hall–Kier alpha value is -17.0. The second kappa shape index (κ2) is 40.2. The molecular formula is C99H91Cl2N29O7. The number of anilines is 7. The Kier molecular flexibility index (Phi) is 26.2. The number of hydrogen-bond donors (Lipinski definition) is 15. The number of aromatic nitrogens is 21. The number of nitrogens with zero attached hydrogens (tertiary/aromatic N) is 14. The molecule has 3 aliphatic heterocycles. The van der Waals surface area contributed by atoms with E-state index in [4.69, 9.17) is 32.4 Å². The van der Waals surface area contributed by atoms with Gasteiger partial charge in [0.25, 0.3) is 23.6 Å². The van der Waals surface area contributed by atoms with E-state index < -0.39 is 0 Å². The van der Waals surface area contributed by atoms with Crippen LogP contribution in [0.25, 0.3) is 124 Å². The normalized spacial score (nSPS) is 13.3. The van der Waals surface area contributed by atoms with Gasteiger partial charge in [0.05, 0.1) is 155 Å². The number of ether oxygens (including phenoxy) is 1. The maximum atomic E-state index is 12.9. The number of carbonyl (C=O) groups excluding carboxylic acids is 5. The first kappa shape index (κ1) is 89.3. The van der Waals surface area contributed by atoms with Crippen molar-refractivity contribution in [3.05, 3.63) is 287 Å². The number of aryl methyl sites for hydroxylation is 3. The van der Waals surface area contributed by atoms with Crippen molar-refractivity contribution in [1.29, 1.82) is 0 Å². The Morgan fingerprint density at radius 1 is 0.387 bits per heavy atom. The number of imidazole rings is 5. The van der Waals surface area contributed by atoms with Crippen molar-refractivity contribution in [3.8, 4) is 68.9 Å². The van der Waals surface area contributed by atoms with Gasteiger partial charge in [-0.1, -0.05) is 114 Å². The molecule has 36 nitrogen and oxygen atoms in total. The monoisotopic (exact) mass is 1870 g/mol. The van der Waals surface area contributed by atoms with Crippen LogP contribution in [0.15, 0.2) is 242 Å². The van der Waals surface area contributed by atoms with Crippen molar-refractivity contribution in [3.63, 3.8) is 0 Å². The van der Waals surface area contributed by atoms with E-state index in [9.17, 15) is 24.0 Å². The van der Waals surface area contributed by atoms with E-state index in [-0.39, 0.29) is 35.5 Å². The number of rotatable bonds is 18. The molecule has 688 valence electrons. The summed E-state index contributed by atoms with van der Waals surface area (Å²) in [5.74, 6) is 2.87. The number of morpholine rings is 1. The Labute approximate surface area is 790 Å². The molecule has 14 heterocycles. The molecule has 0 radical (unpaired) electrons. The topological polar surface area (TPSA) is 477 Å². The molecule has 0 atom stereocenters. The molecule has 0 saturated carbocycles. The van der Waals surface area contributed by atoms with E-state index in [2.05, 4.69) is 154 Å². The van der Waals surface area contributed by atoms with E-state index in [1.165, 1.54) is 19.2 Å². The third-order valence-electron chi connectivity index (χ3n) is 23.7. The summed E-state index contributed by atoms with van der Waals surface area (Å²) in [7, 11) is 2.09. The van der Waals surface area contributed by atoms with Gasteiger partial charge in [-0.25, -0.2) is 29.9 Å². The number of fused-ring (bicyclic) bond motifs is 5. The number of likely N-dealkylation sites (tertiary alicyclic amines) is 1. The molecule has 0 bridgehead atoms. The first-order valence-electron chi connectivity index (χ1n) is 44.3. The van der Waals surface area contributed by atoms with E-state index in [1.807, 2.05) is 191 Å². The number of benzene rings is 9. The maximum Gasteiger partial charge on any atom is 0.257 e. The van der Waals surface area contributed by atoms with Gasteiger partial charge in [0.1, 0.15) is 28.5 Å². The summed E-state index contributed by atoms with van der Waals surface area (Å²) in [6, 6.07) is 60.9. The number of H-pyrrole nitrogens is 10. The van der Waals surface area contributed by atoms with Crippen LogP contribution in [-0.4, -0.2) is 200 Å². The number of hydrogen-bond acceptors (Lipinski definition) is 21. The first-order valence-corrected chi connectivity index (χ1v) is 45.1. The number of amides is 5. The van der Waals surface area contributed by atoms with Crippen LogP contribution in [0.5, 0.6) is 0 Å². The molecule has 0 unspecified atom stereocenters. The predicted octanol–water partition coefficient (Wildman–Crippen LogP) is 18.4. The van der Waals surface area contributed by atoms with Crippen molar-refractivity contribution in [2.75, 3.05) is 95.9 Å². The minimum absolute atomic E-state index is 0.0552. The molecule has 3 fully saturated rings. The SMILES string of the molecule is CN1CCC(C(=O)Nc2cn[nH]c2-c2nc3ccccc3[nH]2)CC1.Cc1cc(C)c(C(=O)Nc2cn[nH]c2-c2nc3ccccc3[nH]2)c(C)c1.O=C(Nc1cn[nH]c1-c1nc2ccccc2[nH]1)c1ccc(-c2cnco2)cc1.O=C(Nc1cn[nH]c1-c1nc2ccccc2[nH]1)c1ccc(N2CCCC2)cc1Cl.O=C(Nc1cn[nH]c1-c1nc2ccccc2[nH]1)c1ccc(N2CCOCC2)cc1Cl. The Bertz CT molecular complexity index is 7540. The summed E-state index contributed by atoms with van der Waals surface area (Å²) in [5.41, 5.74) is 22.8. The molecule has 9 aromatic carbocycles. The maximum absolute atomic E-state index is 12.9. The Balaban J connectivity index is 0.000000110. The number of piperidine rings is 1. The molecule has 3 aliphatic rings. The lowest BCUT2D eigenvalue weighted by Gasteiger charge is -2.29. The second-order valence-corrected chi connectivity index (χ2v) is 33.8. The largest absolute Gasteiger partial charge is 0.444 e. The fraction of sp³-hybridized carbons (Fsp3) is 0.172. The van der Waals surface area contributed by atoms with Crippen molar-refractivity contribution in [2.24, 2.45) is 5.92 Å². The quantitative estimate of drug-likeness (QED) is 0.0379. The third-order valence-corrected chi connectivity index (χ3v) is 24.3. The van der Waals surface area contributed by atoms with Gasteiger partial charge in [-0.05, 0) is 187 Å². The van der Waals surface area contributed by atoms with Crippen LogP contribution in [0.3, 0.4) is 0 Å². The van der Waals surface area contributed by atoms with Crippen molar-refractivity contribution < 1.29 is 33.1 Å². The number of oxazole rings is 1. The minimum atomic E-state index is -0.313. The lowest BCUT2D eigenvalue weighted by atomic mass is 9.96.